The first kappa shape index (κ1) is 15.8. The standard InChI is InChI=1S/C17H25NO3/c1-12(18-16(19)11-6-13-4-3-5-13)17(20)14-7-9-15(21-2)10-8-14/h7-10,12-13,17,20H,3-6,11H2,1-2H3,(H,18,19). The zero-order valence-electron chi connectivity index (χ0n) is 12.8. The van der Waals surface area contributed by atoms with Gasteiger partial charge in [-0.25, -0.2) is 0 Å². The molecule has 2 atom stereocenters. The van der Waals surface area contributed by atoms with E-state index in [-0.39, 0.29) is 11.9 Å². The summed E-state index contributed by atoms with van der Waals surface area (Å²) >= 11 is 0. The van der Waals surface area contributed by atoms with E-state index in [2.05, 4.69) is 5.32 Å². The smallest absolute Gasteiger partial charge is 0.220 e. The molecule has 2 rings (SSSR count). The summed E-state index contributed by atoms with van der Waals surface area (Å²) < 4.78 is 5.09. The van der Waals surface area contributed by atoms with E-state index in [0.29, 0.717) is 6.42 Å². The number of methoxy groups -OCH3 is 1. The number of nitrogens with one attached hydrogen (secondary N) is 1. The molecule has 1 saturated carbocycles. The summed E-state index contributed by atoms with van der Waals surface area (Å²) in [5.74, 6) is 1.52. The van der Waals surface area contributed by atoms with Crippen molar-refractivity contribution < 1.29 is 14.6 Å². The molecule has 4 nitrogen and oxygen atoms in total. The van der Waals surface area contributed by atoms with Crippen LogP contribution >= 0.6 is 0 Å². The molecule has 21 heavy (non-hydrogen) atoms. The Morgan fingerprint density at radius 2 is 2.05 bits per heavy atom. The van der Waals surface area contributed by atoms with Crippen LogP contribution < -0.4 is 10.1 Å². The van der Waals surface area contributed by atoms with Crippen LogP contribution in [-0.4, -0.2) is 24.2 Å². The van der Waals surface area contributed by atoms with Crippen molar-refractivity contribution in [2.45, 2.75) is 51.2 Å². The molecule has 2 N–H and O–H groups in total. The number of aliphatic hydroxyl groups excluding tert-OH is 1. The predicted molar refractivity (Wildman–Crippen MR) is 82.1 cm³/mol. The summed E-state index contributed by atoms with van der Waals surface area (Å²) in [6.07, 6.45) is 4.65. The molecule has 1 aromatic rings. The molecule has 1 aliphatic rings. The highest BCUT2D eigenvalue weighted by Gasteiger charge is 2.21. The van der Waals surface area contributed by atoms with Gasteiger partial charge in [0.1, 0.15) is 5.75 Å². The maximum absolute atomic E-state index is 11.9. The second-order valence-corrected chi connectivity index (χ2v) is 5.91. The number of aliphatic hydroxyl groups is 1. The number of ether oxygens (including phenoxy) is 1. The quantitative estimate of drug-likeness (QED) is 0.812. The lowest BCUT2D eigenvalue weighted by atomic mass is 9.82. The molecular weight excluding hydrogens is 266 g/mol. The second-order valence-electron chi connectivity index (χ2n) is 5.91. The molecular formula is C17H25NO3. The molecule has 0 spiro atoms. The average molecular weight is 291 g/mol. The Kier molecular flexibility index (Phi) is 5.62. The molecule has 2 unspecified atom stereocenters. The van der Waals surface area contributed by atoms with Crippen molar-refractivity contribution in [1.82, 2.24) is 5.32 Å². The van der Waals surface area contributed by atoms with Gasteiger partial charge in [0.2, 0.25) is 5.91 Å². The van der Waals surface area contributed by atoms with Gasteiger partial charge in [-0.2, -0.15) is 0 Å². The first-order chi connectivity index (χ1) is 10.1. The minimum absolute atomic E-state index is 0.0296. The predicted octanol–water partition coefficient (Wildman–Crippen LogP) is 2.81. The van der Waals surface area contributed by atoms with Crippen molar-refractivity contribution in [3.05, 3.63) is 29.8 Å². The monoisotopic (exact) mass is 291 g/mol. The number of benzene rings is 1. The second kappa shape index (κ2) is 7.46. The molecule has 1 aromatic carbocycles. The Labute approximate surface area is 126 Å². The van der Waals surface area contributed by atoms with E-state index >= 15 is 0 Å². The first-order valence-corrected chi connectivity index (χ1v) is 7.71. The fourth-order valence-corrected chi connectivity index (χ4v) is 2.61. The van der Waals surface area contributed by atoms with Crippen LogP contribution in [0.5, 0.6) is 5.75 Å². The Balaban J connectivity index is 1.79. The van der Waals surface area contributed by atoms with E-state index < -0.39 is 6.10 Å². The lowest BCUT2D eigenvalue weighted by molar-refractivity contribution is -0.122. The lowest BCUT2D eigenvalue weighted by Gasteiger charge is -2.25. The fraction of sp³-hybridized carbons (Fsp3) is 0.588. The van der Waals surface area contributed by atoms with Gasteiger partial charge in [0.05, 0.1) is 19.3 Å². The number of hydrogen-bond acceptors (Lipinski definition) is 3. The van der Waals surface area contributed by atoms with Gasteiger partial charge in [-0.1, -0.05) is 31.4 Å². The van der Waals surface area contributed by atoms with Crippen LogP contribution in [0.3, 0.4) is 0 Å². The van der Waals surface area contributed by atoms with E-state index in [0.717, 1.165) is 23.7 Å². The van der Waals surface area contributed by atoms with Gasteiger partial charge < -0.3 is 15.2 Å². The molecule has 0 radical (unpaired) electrons. The van der Waals surface area contributed by atoms with Crippen LogP contribution in [0.25, 0.3) is 0 Å². The van der Waals surface area contributed by atoms with Gasteiger partial charge in [-0.05, 0) is 37.0 Å². The molecule has 116 valence electrons. The van der Waals surface area contributed by atoms with Gasteiger partial charge in [0.15, 0.2) is 0 Å². The normalized spacial score (nSPS) is 17.7. The average Bonchev–Trinajstić information content (AvgIpc) is 2.45. The van der Waals surface area contributed by atoms with Gasteiger partial charge in [-0.3, -0.25) is 4.79 Å². The molecule has 1 fully saturated rings. The molecule has 0 aliphatic heterocycles. The minimum atomic E-state index is -0.705. The molecule has 1 aliphatic carbocycles. The first-order valence-electron chi connectivity index (χ1n) is 7.71. The molecule has 1 amide bonds. The summed E-state index contributed by atoms with van der Waals surface area (Å²) in [6, 6.07) is 6.96. The Morgan fingerprint density at radius 3 is 2.57 bits per heavy atom. The van der Waals surface area contributed by atoms with Crippen molar-refractivity contribution in [1.29, 1.82) is 0 Å². The third-order valence-corrected chi connectivity index (χ3v) is 4.32. The molecule has 0 aromatic heterocycles. The van der Waals surface area contributed by atoms with E-state index in [4.69, 9.17) is 4.74 Å². The summed E-state index contributed by atoms with van der Waals surface area (Å²) in [4.78, 5) is 11.9. The van der Waals surface area contributed by atoms with E-state index in [1.807, 2.05) is 31.2 Å². The number of rotatable bonds is 7. The summed E-state index contributed by atoms with van der Waals surface area (Å²) in [6.45, 7) is 1.83. The van der Waals surface area contributed by atoms with E-state index in [9.17, 15) is 9.90 Å². The van der Waals surface area contributed by atoms with Crippen molar-refractivity contribution in [2.75, 3.05) is 7.11 Å². The SMILES string of the molecule is COc1ccc(C(O)C(C)NC(=O)CCC2CCC2)cc1. The summed E-state index contributed by atoms with van der Waals surface area (Å²) in [5, 5.41) is 13.2. The highest BCUT2D eigenvalue weighted by molar-refractivity contribution is 5.76. The zero-order valence-corrected chi connectivity index (χ0v) is 12.8. The van der Waals surface area contributed by atoms with E-state index in [1.165, 1.54) is 19.3 Å². The highest BCUT2D eigenvalue weighted by Crippen LogP contribution is 2.30. The summed E-state index contributed by atoms with van der Waals surface area (Å²) in [5.41, 5.74) is 0.780. The molecule has 0 saturated heterocycles. The van der Waals surface area contributed by atoms with Crippen LogP contribution in [0, 0.1) is 5.92 Å². The third-order valence-electron chi connectivity index (χ3n) is 4.32. The van der Waals surface area contributed by atoms with Gasteiger partial charge in [0.25, 0.3) is 0 Å². The lowest BCUT2D eigenvalue weighted by Crippen LogP contribution is -2.37. The van der Waals surface area contributed by atoms with Crippen molar-refractivity contribution >= 4 is 5.91 Å². The molecule has 4 heteroatoms. The largest absolute Gasteiger partial charge is 0.497 e. The van der Waals surface area contributed by atoms with Crippen LogP contribution in [-0.2, 0) is 4.79 Å². The highest BCUT2D eigenvalue weighted by atomic mass is 16.5. The van der Waals surface area contributed by atoms with Crippen LogP contribution in [0.2, 0.25) is 0 Å². The van der Waals surface area contributed by atoms with Crippen molar-refractivity contribution in [3.8, 4) is 5.75 Å². The van der Waals surface area contributed by atoms with Crippen LogP contribution in [0.1, 0.15) is 50.7 Å². The Hall–Kier alpha value is -1.55. The van der Waals surface area contributed by atoms with Crippen molar-refractivity contribution in [2.24, 2.45) is 5.92 Å². The fourth-order valence-electron chi connectivity index (χ4n) is 2.61. The van der Waals surface area contributed by atoms with E-state index in [1.54, 1.807) is 7.11 Å². The van der Waals surface area contributed by atoms with Gasteiger partial charge in [-0.15, -0.1) is 0 Å². The zero-order chi connectivity index (χ0) is 15.2. The number of carbonyl (C=O) groups excluding carboxylic acids is 1. The van der Waals surface area contributed by atoms with Crippen molar-refractivity contribution in [3.63, 3.8) is 0 Å². The number of carbonyl (C=O) groups is 1. The maximum atomic E-state index is 11.9. The molecule has 0 bridgehead atoms. The third kappa shape index (κ3) is 4.46. The Morgan fingerprint density at radius 1 is 1.38 bits per heavy atom. The topological polar surface area (TPSA) is 58.6 Å². The van der Waals surface area contributed by atoms with Gasteiger partial charge >= 0.3 is 0 Å². The number of amides is 1. The van der Waals surface area contributed by atoms with Crippen LogP contribution in [0.4, 0.5) is 0 Å². The summed E-state index contributed by atoms with van der Waals surface area (Å²) in [7, 11) is 1.61. The minimum Gasteiger partial charge on any atom is -0.497 e. The Bertz CT molecular complexity index is 454. The maximum Gasteiger partial charge on any atom is 0.220 e. The molecule has 0 heterocycles. The number of hydrogen-bond donors (Lipinski definition) is 2. The van der Waals surface area contributed by atoms with Gasteiger partial charge in [0, 0.05) is 6.42 Å². The van der Waals surface area contributed by atoms with Crippen LogP contribution in [0.15, 0.2) is 24.3 Å².